The Kier molecular flexibility index (Phi) is 14.4. The number of aliphatic imine (C=N–C) groups is 2. The summed E-state index contributed by atoms with van der Waals surface area (Å²) < 4.78 is 14.7. The molecular formula is C36H46FN11O5. The van der Waals surface area contributed by atoms with E-state index in [1.54, 1.807) is 6.07 Å². The molecule has 17 heteroatoms. The summed E-state index contributed by atoms with van der Waals surface area (Å²) in [5, 5.41) is 15.1. The maximum atomic E-state index is 14.7. The highest BCUT2D eigenvalue weighted by Crippen LogP contribution is 2.17. The number of guanidine groups is 2. The van der Waals surface area contributed by atoms with Gasteiger partial charge < -0.3 is 49.5 Å². The molecule has 4 rings (SSSR count). The van der Waals surface area contributed by atoms with Gasteiger partial charge in [0.05, 0.1) is 6.54 Å². The third-order valence-corrected chi connectivity index (χ3v) is 8.50. The second-order valence-corrected chi connectivity index (χ2v) is 12.6. The molecule has 16 nitrogen and oxygen atoms in total. The molecule has 53 heavy (non-hydrogen) atoms. The molecule has 1 heterocycles. The molecule has 1 fully saturated rings. The normalized spacial score (nSPS) is 20.1. The molecule has 1 aliphatic rings. The van der Waals surface area contributed by atoms with Crippen LogP contribution in [0.5, 0.6) is 0 Å². The first-order chi connectivity index (χ1) is 25.4. The summed E-state index contributed by atoms with van der Waals surface area (Å²) in [5.74, 6) is -4.57. The standard InChI is InChI=1S/C36H46FN11O5/c37-25-10-4-3-9-24(25)19-29-34(53)47-26(11-5-15-42-35(38)39)32(51)46-27(12-6-16-43-36(40)41)33(52)48-28(31(50)44-20-30(49)45-29)18-21-13-14-22-7-1-2-8-23(22)17-21/h1-4,7-10,13-14,17,26-29H,5-6,11-12,15-16,18-20H2,(H,44,50)(H,45,49)(H,46,51)(H,47,53)(H,48,52)(H4,38,39,42)(H4,40,41,43)/t26-,27-,28-,29+/m0/s1. The molecular weight excluding hydrogens is 685 g/mol. The van der Waals surface area contributed by atoms with Crippen molar-refractivity contribution in [2.24, 2.45) is 32.9 Å². The molecule has 0 bridgehead atoms. The van der Waals surface area contributed by atoms with Crippen LogP contribution in [0.3, 0.4) is 0 Å². The zero-order chi connectivity index (χ0) is 38.3. The predicted molar refractivity (Wildman–Crippen MR) is 198 cm³/mol. The van der Waals surface area contributed by atoms with Crippen molar-refractivity contribution in [3.63, 3.8) is 0 Å². The molecule has 5 amide bonds. The number of carbonyl (C=O) groups is 5. The largest absolute Gasteiger partial charge is 0.370 e. The Morgan fingerprint density at radius 1 is 0.623 bits per heavy atom. The Morgan fingerprint density at radius 3 is 1.75 bits per heavy atom. The van der Waals surface area contributed by atoms with Gasteiger partial charge in [0.2, 0.25) is 29.5 Å². The third kappa shape index (κ3) is 12.5. The zero-order valence-corrected chi connectivity index (χ0v) is 29.1. The summed E-state index contributed by atoms with van der Waals surface area (Å²) in [4.78, 5) is 76.3. The van der Waals surface area contributed by atoms with E-state index in [4.69, 9.17) is 22.9 Å². The third-order valence-electron chi connectivity index (χ3n) is 8.50. The van der Waals surface area contributed by atoms with Gasteiger partial charge in [0.1, 0.15) is 30.0 Å². The average Bonchev–Trinajstić information content (AvgIpc) is 3.12. The van der Waals surface area contributed by atoms with Crippen LogP contribution in [0.25, 0.3) is 10.8 Å². The summed E-state index contributed by atoms with van der Waals surface area (Å²) in [5.41, 5.74) is 22.7. The van der Waals surface area contributed by atoms with Gasteiger partial charge in [-0.15, -0.1) is 0 Å². The fraction of sp³-hybridized carbons (Fsp3) is 0.361. The summed E-state index contributed by atoms with van der Waals surface area (Å²) in [6.45, 7) is -0.289. The Bertz CT molecular complexity index is 1840. The van der Waals surface area contributed by atoms with Crippen molar-refractivity contribution in [3.8, 4) is 0 Å². The number of carbonyl (C=O) groups excluding carboxylic acids is 5. The van der Waals surface area contributed by atoms with Gasteiger partial charge in [-0.25, -0.2) is 4.39 Å². The number of amides is 5. The highest BCUT2D eigenvalue weighted by atomic mass is 19.1. The summed E-state index contributed by atoms with van der Waals surface area (Å²) in [6.07, 6.45) is 0.377. The summed E-state index contributed by atoms with van der Waals surface area (Å²) >= 11 is 0. The number of hydrogen-bond acceptors (Lipinski definition) is 7. The van der Waals surface area contributed by atoms with Crippen molar-refractivity contribution < 1.29 is 28.4 Å². The number of fused-ring (bicyclic) bond motifs is 1. The monoisotopic (exact) mass is 731 g/mol. The Morgan fingerprint density at radius 2 is 1.15 bits per heavy atom. The highest BCUT2D eigenvalue weighted by Gasteiger charge is 2.32. The van der Waals surface area contributed by atoms with E-state index in [9.17, 15) is 28.4 Å². The number of nitrogens with two attached hydrogens (primary N) is 4. The van der Waals surface area contributed by atoms with Crippen molar-refractivity contribution in [2.45, 2.75) is 62.7 Å². The van der Waals surface area contributed by atoms with Gasteiger partial charge in [0, 0.05) is 25.9 Å². The van der Waals surface area contributed by atoms with Gasteiger partial charge in [-0.2, -0.15) is 0 Å². The topological polar surface area (TPSA) is 274 Å². The van der Waals surface area contributed by atoms with Gasteiger partial charge in [0.25, 0.3) is 0 Å². The second kappa shape index (κ2) is 19.4. The van der Waals surface area contributed by atoms with Crippen LogP contribution >= 0.6 is 0 Å². The minimum atomic E-state index is -1.35. The van der Waals surface area contributed by atoms with Gasteiger partial charge >= 0.3 is 0 Å². The van der Waals surface area contributed by atoms with Crippen molar-refractivity contribution >= 4 is 52.2 Å². The lowest BCUT2D eigenvalue weighted by molar-refractivity contribution is -0.134. The van der Waals surface area contributed by atoms with Gasteiger partial charge in [-0.1, -0.05) is 60.7 Å². The summed E-state index contributed by atoms with van der Waals surface area (Å²) in [7, 11) is 0. The van der Waals surface area contributed by atoms with E-state index in [2.05, 4.69) is 36.6 Å². The van der Waals surface area contributed by atoms with Gasteiger partial charge in [0.15, 0.2) is 11.9 Å². The fourth-order valence-corrected chi connectivity index (χ4v) is 5.80. The van der Waals surface area contributed by atoms with Crippen LogP contribution in [-0.2, 0) is 36.8 Å². The predicted octanol–water partition coefficient (Wildman–Crippen LogP) is -1.06. The maximum absolute atomic E-state index is 14.7. The van der Waals surface area contributed by atoms with Crippen molar-refractivity contribution in [1.29, 1.82) is 0 Å². The smallest absolute Gasteiger partial charge is 0.243 e. The summed E-state index contributed by atoms with van der Waals surface area (Å²) in [6, 6.07) is 14.1. The van der Waals surface area contributed by atoms with E-state index >= 15 is 0 Å². The fourth-order valence-electron chi connectivity index (χ4n) is 5.80. The maximum Gasteiger partial charge on any atom is 0.243 e. The average molecular weight is 732 g/mol. The van der Waals surface area contributed by atoms with Crippen LogP contribution in [0.1, 0.15) is 36.8 Å². The lowest BCUT2D eigenvalue weighted by Gasteiger charge is -2.26. The Hall–Kier alpha value is -6.26. The highest BCUT2D eigenvalue weighted by molar-refractivity contribution is 5.97. The number of halogens is 1. The van der Waals surface area contributed by atoms with E-state index < -0.39 is 66.1 Å². The molecule has 1 saturated heterocycles. The quantitative estimate of drug-likeness (QED) is 0.0623. The van der Waals surface area contributed by atoms with Crippen LogP contribution < -0.4 is 49.5 Å². The molecule has 282 valence electrons. The Balaban J connectivity index is 1.69. The van der Waals surface area contributed by atoms with E-state index in [0.29, 0.717) is 0 Å². The lowest BCUT2D eigenvalue weighted by Crippen LogP contribution is -2.58. The number of hydrogen-bond donors (Lipinski definition) is 9. The minimum Gasteiger partial charge on any atom is -0.370 e. The van der Waals surface area contributed by atoms with Gasteiger partial charge in [-0.05, 0) is 53.6 Å². The molecule has 3 aromatic rings. The van der Waals surface area contributed by atoms with E-state index in [1.165, 1.54) is 18.2 Å². The first-order valence-electron chi connectivity index (χ1n) is 17.2. The molecule has 1 aliphatic heterocycles. The van der Waals surface area contributed by atoms with Crippen molar-refractivity contribution in [2.75, 3.05) is 19.6 Å². The number of nitrogens with zero attached hydrogens (tertiary/aromatic N) is 2. The first kappa shape index (κ1) is 39.5. The first-order valence-corrected chi connectivity index (χ1v) is 17.2. The molecule has 0 aromatic heterocycles. The molecule has 0 saturated carbocycles. The molecule has 0 radical (unpaired) electrons. The van der Waals surface area contributed by atoms with Crippen LogP contribution in [-0.4, -0.2) is 85.3 Å². The second-order valence-electron chi connectivity index (χ2n) is 12.6. The van der Waals surface area contributed by atoms with Crippen LogP contribution in [0.15, 0.2) is 76.7 Å². The molecule has 0 spiro atoms. The van der Waals surface area contributed by atoms with E-state index in [-0.39, 0.29) is 69.1 Å². The number of nitrogens with one attached hydrogen (secondary N) is 5. The van der Waals surface area contributed by atoms with E-state index in [1.807, 2.05) is 42.5 Å². The molecule has 4 atom stereocenters. The molecule has 0 aliphatic carbocycles. The van der Waals surface area contributed by atoms with Crippen LogP contribution in [0.4, 0.5) is 4.39 Å². The van der Waals surface area contributed by atoms with Crippen molar-refractivity contribution in [1.82, 2.24) is 26.6 Å². The lowest BCUT2D eigenvalue weighted by atomic mass is 10.0. The molecule has 0 unspecified atom stereocenters. The molecule has 13 N–H and O–H groups in total. The van der Waals surface area contributed by atoms with Crippen LogP contribution in [0, 0.1) is 5.82 Å². The number of rotatable bonds is 12. The number of benzene rings is 3. The SMILES string of the molecule is NC(N)=NCCC[C@@H]1NC(=O)[C@H](CCCN=C(N)N)NC(=O)[C@@H](Cc2ccccc2F)NC(=O)CNC(=O)[C@H](Cc2ccc3ccccc3c2)NC1=O. The Labute approximate surface area is 305 Å². The van der Waals surface area contributed by atoms with Crippen LogP contribution in [0.2, 0.25) is 0 Å². The minimum absolute atomic E-state index is 0.0295. The van der Waals surface area contributed by atoms with Gasteiger partial charge in [-0.3, -0.25) is 34.0 Å². The van der Waals surface area contributed by atoms with E-state index in [0.717, 1.165) is 16.3 Å². The van der Waals surface area contributed by atoms with Crippen molar-refractivity contribution in [3.05, 3.63) is 83.7 Å². The zero-order valence-electron chi connectivity index (χ0n) is 29.1. The molecule has 3 aromatic carbocycles.